The molecule has 3 aromatic carbocycles. The number of hydrogen-bond acceptors (Lipinski definition) is 0. The Balaban J connectivity index is 0.000000847. The van der Waals surface area contributed by atoms with E-state index < -0.39 is 0 Å². The third kappa shape index (κ3) is 3.70. The first kappa shape index (κ1) is 17.0. The van der Waals surface area contributed by atoms with Crippen LogP contribution < -0.4 is 0 Å². The minimum atomic E-state index is 0.743. The van der Waals surface area contributed by atoms with E-state index in [1.54, 1.807) is 0 Å². The van der Waals surface area contributed by atoms with Gasteiger partial charge in [0.25, 0.3) is 0 Å². The van der Waals surface area contributed by atoms with Gasteiger partial charge in [-0.25, -0.2) is 0 Å². The van der Waals surface area contributed by atoms with Crippen LogP contribution in [0.25, 0.3) is 22.3 Å². The molecule has 0 aliphatic heterocycles. The molecule has 0 nitrogen and oxygen atoms in total. The first-order valence-corrected chi connectivity index (χ1v) is 8.85. The molecule has 0 fully saturated rings. The zero-order chi connectivity index (χ0) is 15.9. The van der Waals surface area contributed by atoms with Crippen LogP contribution in [0.2, 0.25) is 10.0 Å². The number of rotatable bonds is 2. The minimum absolute atomic E-state index is 0.743. The number of benzene rings is 3. The lowest BCUT2D eigenvalue weighted by atomic mass is 9.94. The SMILES string of the molecule is CP.Clc1ccccc1-c1ccccc1-c1ccccc1Cl. The van der Waals surface area contributed by atoms with Crippen LogP contribution >= 0.6 is 32.4 Å². The van der Waals surface area contributed by atoms with Crippen molar-refractivity contribution in [3.8, 4) is 22.3 Å². The van der Waals surface area contributed by atoms with Crippen molar-refractivity contribution in [2.24, 2.45) is 0 Å². The van der Waals surface area contributed by atoms with Gasteiger partial charge in [0.15, 0.2) is 0 Å². The molecule has 112 valence electrons. The maximum absolute atomic E-state index is 6.33. The third-order valence-electron chi connectivity index (χ3n) is 3.26. The van der Waals surface area contributed by atoms with Gasteiger partial charge in [0.05, 0.1) is 0 Å². The fourth-order valence-electron chi connectivity index (χ4n) is 2.31. The van der Waals surface area contributed by atoms with Crippen LogP contribution in [0.5, 0.6) is 0 Å². The monoisotopic (exact) mass is 346 g/mol. The van der Waals surface area contributed by atoms with Crippen molar-refractivity contribution >= 4 is 32.4 Å². The molecule has 0 aliphatic carbocycles. The van der Waals surface area contributed by atoms with Crippen molar-refractivity contribution in [1.82, 2.24) is 0 Å². The number of halogens is 2. The molecule has 3 aromatic rings. The van der Waals surface area contributed by atoms with Gasteiger partial charge >= 0.3 is 0 Å². The fourth-order valence-corrected chi connectivity index (χ4v) is 2.79. The molecule has 0 spiro atoms. The van der Waals surface area contributed by atoms with Gasteiger partial charge in [0.1, 0.15) is 0 Å². The van der Waals surface area contributed by atoms with E-state index in [0.29, 0.717) is 0 Å². The molecule has 22 heavy (non-hydrogen) atoms. The molecule has 1 atom stereocenters. The van der Waals surface area contributed by atoms with Crippen molar-refractivity contribution in [3.05, 3.63) is 82.8 Å². The second kappa shape index (κ2) is 8.34. The molecular weight excluding hydrogens is 330 g/mol. The van der Waals surface area contributed by atoms with E-state index in [1.807, 2.05) is 67.3 Å². The molecule has 0 N–H and O–H groups in total. The average molecular weight is 347 g/mol. The smallest absolute Gasteiger partial charge is 0.0484 e. The van der Waals surface area contributed by atoms with Gasteiger partial charge in [-0.3, -0.25) is 0 Å². The summed E-state index contributed by atoms with van der Waals surface area (Å²) in [6, 6.07) is 23.9. The van der Waals surface area contributed by atoms with Crippen LogP contribution in [0.3, 0.4) is 0 Å². The third-order valence-corrected chi connectivity index (χ3v) is 3.91. The van der Waals surface area contributed by atoms with Gasteiger partial charge in [-0.1, -0.05) is 90.5 Å². The Labute approximate surface area is 144 Å². The molecule has 0 amide bonds. The largest absolute Gasteiger partial charge is 0.141 e. The molecule has 0 saturated heterocycles. The topological polar surface area (TPSA) is 0 Å². The second-order valence-corrected chi connectivity index (χ2v) is 5.32. The van der Waals surface area contributed by atoms with Gasteiger partial charge in [-0.15, -0.1) is 9.24 Å². The van der Waals surface area contributed by atoms with Crippen molar-refractivity contribution in [3.63, 3.8) is 0 Å². The van der Waals surface area contributed by atoms with Gasteiger partial charge in [-0.05, 0) is 23.3 Å². The van der Waals surface area contributed by atoms with Crippen LogP contribution in [-0.2, 0) is 0 Å². The summed E-state index contributed by atoms with van der Waals surface area (Å²) < 4.78 is 0. The van der Waals surface area contributed by atoms with E-state index in [9.17, 15) is 0 Å². The highest BCUT2D eigenvalue weighted by molar-refractivity contribution is 7.15. The van der Waals surface area contributed by atoms with Crippen molar-refractivity contribution < 1.29 is 0 Å². The summed E-state index contributed by atoms with van der Waals surface area (Å²) in [4.78, 5) is 0. The van der Waals surface area contributed by atoms with Crippen molar-refractivity contribution in [2.75, 3.05) is 6.66 Å². The molecule has 1 unspecified atom stereocenters. The lowest BCUT2D eigenvalue weighted by Crippen LogP contribution is -1.86. The maximum atomic E-state index is 6.33. The Morgan fingerprint density at radius 3 is 1.09 bits per heavy atom. The molecular formula is C19H17Cl2P. The lowest BCUT2D eigenvalue weighted by Gasteiger charge is -2.12. The normalized spacial score (nSPS) is 9.82. The Bertz CT molecular complexity index is 689. The van der Waals surface area contributed by atoms with Gasteiger partial charge in [0.2, 0.25) is 0 Å². The highest BCUT2D eigenvalue weighted by atomic mass is 35.5. The predicted octanol–water partition coefficient (Wildman–Crippen LogP) is 6.82. The van der Waals surface area contributed by atoms with E-state index >= 15 is 0 Å². The van der Waals surface area contributed by atoms with Crippen molar-refractivity contribution in [1.29, 1.82) is 0 Å². The van der Waals surface area contributed by atoms with Gasteiger partial charge < -0.3 is 0 Å². The predicted molar refractivity (Wildman–Crippen MR) is 103 cm³/mol. The highest BCUT2D eigenvalue weighted by Gasteiger charge is 2.11. The molecule has 0 aromatic heterocycles. The highest BCUT2D eigenvalue weighted by Crippen LogP contribution is 2.38. The number of hydrogen-bond donors (Lipinski definition) is 0. The van der Waals surface area contributed by atoms with Crippen LogP contribution in [-0.4, -0.2) is 6.66 Å². The Kier molecular flexibility index (Phi) is 6.46. The quantitative estimate of drug-likeness (QED) is 0.446. The van der Waals surface area contributed by atoms with Gasteiger partial charge in [0, 0.05) is 21.2 Å². The molecule has 0 saturated carbocycles. The summed E-state index contributed by atoms with van der Waals surface area (Å²) in [6.07, 6.45) is 0. The molecule has 0 aliphatic rings. The zero-order valence-corrected chi connectivity index (χ0v) is 14.9. The first-order chi connectivity index (χ1) is 10.8. The van der Waals surface area contributed by atoms with E-state index in [2.05, 4.69) is 21.4 Å². The zero-order valence-electron chi connectivity index (χ0n) is 12.3. The van der Waals surface area contributed by atoms with E-state index in [4.69, 9.17) is 23.2 Å². The van der Waals surface area contributed by atoms with Crippen LogP contribution in [0.15, 0.2) is 72.8 Å². The Morgan fingerprint density at radius 1 is 0.500 bits per heavy atom. The second-order valence-electron chi connectivity index (χ2n) is 4.51. The van der Waals surface area contributed by atoms with E-state index in [-0.39, 0.29) is 0 Å². The van der Waals surface area contributed by atoms with E-state index in [0.717, 1.165) is 32.3 Å². The molecule has 3 heteroatoms. The van der Waals surface area contributed by atoms with Crippen LogP contribution in [0.1, 0.15) is 0 Å². The Morgan fingerprint density at radius 2 is 0.773 bits per heavy atom. The Hall–Kier alpha value is -1.33. The molecule has 3 rings (SSSR count). The lowest BCUT2D eigenvalue weighted by molar-refractivity contribution is 1.58. The fraction of sp³-hybridized carbons (Fsp3) is 0.0526. The summed E-state index contributed by atoms with van der Waals surface area (Å²) in [7, 11) is 2.42. The summed E-state index contributed by atoms with van der Waals surface area (Å²) in [5, 5.41) is 1.49. The molecule has 0 radical (unpaired) electrons. The van der Waals surface area contributed by atoms with Gasteiger partial charge in [-0.2, -0.15) is 0 Å². The standard InChI is InChI=1S/C18H12Cl2.CH5P/c19-17-11-5-3-9-15(17)13-7-1-2-8-14(13)16-10-4-6-12-18(16)20;1-2/h1-12H;2H2,1H3. The molecule has 0 bridgehead atoms. The van der Waals surface area contributed by atoms with Crippen LogP contribution in [0, 0.1) is 0 Å². The summed E-state index contributed by atoms with van der Waals surface area (Å²) >= 11 is 12.7. The van der Waals surface area contributed by atoms with E-state index in [1.165, 1.54) is 0 Å². The first-order valence-electron chi connectivity index (χ1n) is 6.94. The summed E-state index contributed by atoms with van der Waals surface area (Å²) in [6.45, 7) is 1.92. The maximum Gasteiger partial charge on any atom is 0.0484 e. The molecule has 0 heterocycles. The summed E-state index contributed by atoms with van der Waals surface area (Å²) in [5.74, 6) is 0. The average Bonchev–Trinajstić information content (AvgIpc) is 2.58. The van der Waals surface area contributed by atoms with Crippen molar-refractivity contribution in [2.45, 2.75) is 0 Å². The minimum Gasteiger partial charge on any atom is -0.141 e. The summed E-state index contributed by atoms with van der Waals surface area (Å²) in [5.41, 5.74) is 4.21. The van der Waals surface area contributed by atoms with Crippen LogP contribution in [0.4, 0.5) is 0 Å².